The molecule has 0 spiro atoms. The normalized spacial score (nSPS) is 17.1. The molecule has 0 radical (unpaired) electrons. The molecule has 1 unspecified atom stereocenters. The molecule has 0 aromatic heterocycles. The highest BCUT2D eigenvalue weighted by Crippen LogP contribution is 2.18. The van der Waals surface area contributed by atoms with Crippen molar-refractivity contribution in [3.8, 4) is 0 Å². The number of carbonyl (C=O) groups excluding carboxylic acids is 1. The predicted octanol–water partition coefficient (Wildman–Crippen LogP) is 2.72. The molecule has 3 nitrogen and oxygen atoms in total. The summed E-state index contributed by atoms with van der Waals surface area (Å²) >= 11 is 0. The van der Waals surface area contributed by atoms with Crippen molar-refractivity contribution < 1.29 is 4.79 Å². The lowest BCUT2D eigenvalue weighted by Crippen LogP contribution is -2.49. The van der Waals surface area contributed by atoms with Gasteiger partial charge in [-0.1, -0.05) is 38.3 Å². The predicted molar refractivity (Wildman–Crippen MR) is 76.5 cm³/mol. The van der Waals surface area contributed by atoms with E-state index in [4.69, 9.17) is 0 Å². The monoisotopic (exact) mass is 252 g/mol. The van der Waals surface area contributed by atoms with Crippen molar-refractivity contribution >= 4 is 5.91 Å². The third-order valence-electron chi connectivity index (χ3n) is 3.79. The molecule has 0 aromatic rings. The van der Waals surface area contributed by atoms with Crippen LogP contribution in [0.2, 0.25) is 0 Å². The second-order valence-electron chi connectivity index (χ2n) is 5.06. The van der Waals surface area contributed by atoms with Crippen molar-refractivity contribution in [1.29, 1.82) is 0 Å². The zero-order valence-corrected chi connectivity index (χ0v) is 12.1. The van der Waals surface area contributed by atoms with E-state index in [1.807, 2.05) is 11.9 Å². The van der Waals surface area contributed by atoms with Crippen molar-refractivity contribution in [2.45, 2.75) is 64.5 Å². The third kappa shape index (κ3) is 4.13. The summed E-state index contributed by atoms with van der Waals surface area (Å²) in [6.45, 7) is 5.09. The Morgan fingerprint density at radius 1 is 1.33 bits per heavy atom. The molecule has 0 aromatic carbocycles. The third-order valence-corrected chi connectivity index (χ3v) is 3.79. The second kappa shape index (κ2) is 8.30. The second-order valence-corrected chi connectivity index (χ2v) is 5.06. The fourth-order valence-corrected chi connectivity index (χ4v) is 2.64. The lowest BCUT2D eigenvalue weighted by atomic mass is 10.1. The van der Waals surface area contributed by atoms with Crippen molar-refractivity contribution in [3.05, 3.63) is 12.2 Å². The zero-order chi connectivity index (χ0) is 13.4. The highest BCUT2D eigenvalue weighted by atomic mass is 16.2. The molecule has 1 N–H and O–H groups in total. The van der Waals surface area contributed by atoms with Gasteiger partial charge in [-0.15, -0.1) is 0 Å². The van der Waals surface area contributed by atoms with Gasteiger partial charge in [0.25, 0.3) is 0 Å². The zero-order valence-electron chi connectivity index (χ0n) is 12.1. The summed E-state index contributed by atoms with van der Waals surface area (Å²) in [5, 5.41) is 3.19. The fourth-order valence-electron chi connectivity index (χ4n) is 2.64. The molecule has 18 heavy (non-hydrogen) atoms. The minimum Gasteiger partial charge on any atom is -0.338 e. The molecule has 1 rings (SSSR count). The number of likely N-dealkylation sites (N-methyl/N-ethyl adjacent to an activating group) is 2. The Hall–Kier alpha value is -0.830. The Balaban J connectivity index is 2.51. The molecule has 3 heteroatoms. The van der Waals surface area contributed by atoms with E-state index in [0.717, 1.165) is 32.2 Å². The molecule has 0 saturated heterocycles. The molecule has 0 bridgehead atoms. The SMILES string of the molecule is CCCCCC(NC)C(=O)N(CC)C1CC=CC1. The molecule has 1 atom stereocenters. The van der Waals surface area contributed by atoms with Crippen LogP contribution in [0, 0.1) is 0 Å². The molecular formula is C15H28N2O. The first kappa shape index (κ1) is 15.2. The first-order chi connectivity index (χ1) is 8.74. The standard InChI is InChI=1S/C15H28N2O/c1-4-6-7-12-14(16-3)15(18)17(5-2)13-10-8-9-11-13/h8-9,13-14,16H,4-7,10-12H2,1-3H3. The van der Waals surface area contributed by atoms with E-state index in [9.17, 15) is 4.79 Å². The van der Waals surface area contributed by atoms with Gasteiger partial charge in [0.05, 0.1) is 6.04 Å². The number of amides is 1. The quantitative estimate of drug-likeness (QED) is 0.532. The van der Waals surface area contributed by atoms with Gasteiger partial charge in [0.1, 0.15) is 0 Å². The maximum absolute atomic E-state index is 12.5. The summed E-state index contributed by atoms with van der Waals surface area (Å²) < 4.78 is 0. The van der Waals surface area contributed by atoms with Crippen LogP contribution in [0.3, 0.4) is 0 Å². The molecule has 0 heterocycles. The summed E-state index contributed by atoms with van der Waals surface area (Å²) in [5.41, 5.74) is 0. The van der Waals surface area contributed by atoms with Crippen molar-refractivity contribution in [1.82, 2.24) is 10.2 Å². The Bertz CT molecular complexity index is 268. The van der Waals surface area contributed by atoms with Crippen LogP contribution in [-0.2, 0) is 4.79 Å². The van der Waals surface area contributed by atoms with E-state index in [2.05, 4.69) is 31.3 Å². The summed E-state index contributed by atoms with van der Waals surface area (Å²) in [6, 6.07) is 0.390. The molecule has 1 aliphatic rings. The van der Waals surface area contributed by atoms with Gasteiger partial charge in [-0.3, -0.25) is 4.79 Å². The molecule has 0 fully saturated rings. The maximum Gasteiger partial charge on any atom is 0.239 e. The van der Waals surface area contributed by atoms with Crippen LogP contribution in [0.5, 0.6) is 0 Å². The number of nitrogens with zero attached hydrogens (tertiary/aromatic N) is 1. The van der Waals surface area contributed by atoms with Crippen LogP contribution in [0.4, 0.5) is 0 Å². The largest absolute Gasteiger partial charge is 0.338 e. The fraction of sp³-hybridized carbons (Fsp3) is 0.800. The minimum atomic E-state index is -0.00269. The Kier molecular flexibility index (Phi) is 7.02. The smallest absolute Gasteiger partial charge is 0.239 e. The van der Waals surface area contributed by atoms with Crippen LogP contribution in [-0.4, -0.2) is 36.5 Å². The topological polar surface area (TPSA) is 32.3 Å². The number of hydrogen-bond acceptors (Lipinski definition) is 2. The van der Waals surface area contributed by atoms with Gasteiger partial charge >= 0.3 is 0 Å². The highest BCUT2D eigenvalue weighted by molar-refractivity contribution is 5.82. The van der Waals surface area contributed by atoms with E-state index in [-0.39, 0.29) is 11.9 Å². The van der Waals surface area contributed by atoms with E-state index in [1.54, 1.807) is 0 Å². The highest BCUT2D eigenvalue weighted by Gasteiger charge is 2.27. The van der Waals surface area contributed by atoms with Gasteiger partial charge in [0, 0.05) is 12.6 Å². The van der Waals surface area contributed by atoms with Crippen LogP contribution < -0.4 is 5.32 Å². The maximum atomic E-state index is 12.5. The van der Waals surface area contributed by atoms with E-state index >= 15 is 0 Å². The van der Waals surface area contributed by atoms with Crippen LogP contribution in [0.25, 0.3) is 0 Å². The lowest BCUT2D eigenvalue weighted by molar-refractivity contribution is -0.135. The minimum absolute atomic E-state index is 0.00269. The van der Waals surface area contributed by atoms with E-state index in [0.29, 0.717) is 6.04 Å². The molecule has 1 amide bonds. The van der Waals surface area contributed by atoms with Gasteiger partial charge < -0.3 is 10.2 Å². The molecule has 104 valence electrons. The van der Waals surface area contributed by atoms with Gasteiger partial charge in [0.15, 0.2) is 0 Å². The summed E-state index contributed by atoms with van der Waals surface area (Å²) in [5.74, 6) is 0.282. The van der Waals surface area contributed by atoms with Crippen molar-refractivity contribution in [2.24, 2.45) is 0 Å². The number of hydrogen-bond donors (Lipinski definition) is 1. The average Bonchev–Trinajstić information content (AvgIpc) is 2.89. The van der Waals surface area contributed by atoms with Gasteiger partial charge in [-0.05, 0) is 33.2 Å². The number of carbonyl (C=O) groups is 1. The summed E-state index contributed by atoms with van der Waals surface area (Å²) in [4.78, 5) is 14.6. The average molecular weight is 252 g/mol. The Morgan fingerprint density at radius 2 is 2.00 bits per heavy atom. The van der Waals surface area contributed by atoms with Gasteiger partial charge in [-0.2, -0.15) is 0 Å². The van der Waals surface area contributed by atoms with Crippen molar-refractivity contribution in [3.63, 3.8) is 0 Å². The number of rotatable bonds is 8. The van der Waals surface area contributed by atoms with E-state index in [1.165, 1.54) is 12.8 Å². The Labute approximate surface area is 112 Å². The van der Waals surface area contributed by atoms with E-state index < -0.39 is 0 Å². The molecular weight excluding hydrogens is 224 g/mol. The molecule has 0 aliphatic heterocycles. The first-order valence-electron chi connectivity index (χ1n) is 7.37. The summed E-state index contributed by atoms with van der Waals surface area (Å²) in [7, 11) is 1.90. The van der Waals surface area contributed by atoms with Gasteiger partial charge in [0.2, 0.25) is 5.91 Å². The number of unbranched alkanes of at least 4 members (excludes halogenated alkanes) is 2. The molecule has 1 aliphatic carbocycles. The van der Waals surface area contributed by atoms with Crippen LogP contribution >= 0.6 is 0 Å². The first-order valence-corrected chi connectivity index (χ1v) is 7.37. The van der Waals surface area contributed by atoms with Crippen molar-refractivity contribution in [2.75, 3.05) is 13.6 Å². The Morgan fingerprint density at radius 3 is 2.50 bits per heavy atom. The lowest BCUT2D eigenvalue weighted by Gasteiger charge is -2.31. The van der Waals surface area contributed by atoms with Crippen LogP contribution in [0.15, 0.2) is 12.2 Å². The number of nitrogens with one attached hydrogen (secondary N) is 1. The van der Waals surface area contributed by atoms with Gasteiger partial charge in [-0.25, -0.2) is 0 Å². The molecule has 0 saturated carbocycles. The van der Waals surface area contributed by atoms with Crippen LogP contribution in [0.1, 0.15) is 52.4 Å². The summed E-state index contributed by atoms with van der Waals surface area (Å²) in [6.07, 6.45) is 10.9.